The highest BCUT2D eigenvalue weighted by atomic mass is 16.2. The third-order valence-corrected chi connectivity index (χ3v) is 5.74. The van der Waals surface area contributed by atoms with Gasteiger partial charge >= 0.3 is 0 Å². The zero-order chi connectivity index (χ0) is 18.4. The molecule has 0 spiro atoms. The Hall–Kier alpha value is -1.81. The van der Waals surface area contributed by atoms with Crippen LogP contribution in [-0.4, -0.2) is 49.6 Å². The molecule has 1 aromatic rings. The first kappa shape index (κ1) is 19.0. The molecule has 4 nitrogen and oxygen atoms in total. The first-order valence-electron chi connectivity index (χ1n) is 10.1. The number of carbonyl (C=O) groups excluding carboxylic acids is 1. The van der Waals surface area contributed by atoms with Crippen molar-refractivity contribution in [2.75, 3.05) is 37.6 Å². The Morgan fingerprint density at radius 2 is 2.00 bits per heavy atom. The van der Waals surface area contributed by atoms with E-state index in [0.29, 0.717) is 0 Å². The van der Waals surface area contributed by atoms with Gasteiger partial charge in [-0.25, -0.2) is 0 Å². The van der Waals surface area contributed by atoms with E-state index in [1.54, 1.807) is 0 Å². The fourth-order valence-corrected chi connectivity index (χ4v) is 3.98. The molecule has 3 rings (SSSR count). The van der Waals surface area contributed by atoms with Crippen molar-refractivity contribution < 1.29 is 4.79 Å². The Kier molecular flexibility index (Phi) is 6.73. The number of carbonyl (C=O) groups is 1. The molecule has 0 aromatic heterocycles. The zero-order valence-electron chi connectivity index (χ0n) is 16.3. The van der Waals surface area contributed by atoms with Crippen molar-refractivity contribution in [3.05, 3.63) is 41.5 Å². The summed E-state index contributed by atoms with van der Waals surface area (Å²) in [6.07, 6.45) is 8.43. The molecule has 4 heteroatoms. The van der Waals surface area contributed by atoms with Gasteiger partial charge < -0.3 is 10.2 Å². The summed E-state index contributed by atoms with van der Waals surface area (Å²) in [4.78, 5) is 17.2. The largest absolute Gasteiger partial charge is 0.369 e. The van der Waals surface area contributed by atoms with Crippen molar-refractivity contribution in [2.24, 2.45) is 0 Å². The van der Waals surface area contributed by atoms with Crippen LogP contribution in [0.25, 0.3) is 0 Å². The number of nitrogens with one attached hydrogen (secondary N) is 1. The minimum absolute atomic E-state index is 0.0463. The van der Waals surface area contributed by atoms with E-state index < -0.39 is 0 Å². The number of anilines is 1. The van der Waals surface area contributed by atoms with E-state index in [4.69, 9.17) is 0 Å². The molecule has 1 N–H and O–H groups in total. The molecule has 1 heterocycles. The van der Waals surface area contributed by atoms with Crippen LogP contribution >= 0.6 is 0 Å². The lowest BCUT2D eigenvalue weighted by Crippen LogP contribution is -2.54. The highest BCUT2D eigenvalue weighted by Gasteiger charge is 2.25. The summed E-state index contributed by atoms with van der Waals surface area (Å²) in [6, 6.07) is 8.63. The molecular formula is C22H33N3O. The first-order valence-corrected chi connectivity index (χ1v) is 10.1. The number of hydrogen-bond acceptors (Lipinski definition) is 3. The quantitative estimate of drug-likeness (QED) is 0.793. The maximum Gasteiger partial charge on any atom is 0.237 e. The lowest BCUT2D eigenvalue weighted by molar-refractivity contribution is -0.125. The molecule has 2 aliphatic rings. The maximum atomic E-state index is 12.5. The second-order valence-corrected chi connectivity index (χ2v) is 7.69. The smallest absolute Gasteiger partial charge is 0.237 e. The Balaban J connectivity index is 1.41. The van der Waals surface area contributed by atoms with E-state index >= 15 is 0 Å². The summed E-state index contributed by atoms with van der Waals surface area (Å²) in [5.74, 6) is 0.172. The highest BCUT2D eigenvalue weighted by Crippen LogP contribution is 2.20. The average molecular weight is 356 g/mol. The summed E-state index contributed by atoms with van der Waals surface area (Å²) in [6.45, 7) is 8.79. The van der Waals surface area contributed by atoms with Crippen LogP contribution in [0, 0.1) is 6.92 Å². The van der Waals surface area contributed by atoms with E-state index in [0.717, 1.165) is 39.1 Å². The predicted molar refractivity (Wildman–Crippen MR) is 109 cm³/mol. The molecule has 1 amide bonds. The SMILES string of the molecule is Cc1cccc(N2CCN(C(C)C(=O)NCCC3=CCCCC3)CC2)c1. The monoisotopic (exact) mass is 355 g/mol. The van der Waals surface area contributed by atoms with E-state index in [2.05, 4.69) is 52.4 Å². The highest BCUT2D eigenvalue weighted by molar-refractivity contribution is 5.81. The summed E-state index contributed by atoms with van der Waals surface area (Å²) >= 11 is 0. The second-order valence-electron chi connectivity index (χ2n) is 7.69. The van der Waals surface area contributed by atoms with Gasteiger partial charge in [-0.1, -0.05) is 23.8 Å². The third kappa shape index (κ3) is 5.10. The van der Waals surface area contributed by atoms with Crippen LogP contribution in [0.4, 0.5) is 5.69 Å². The first-order chi connectivity index (χ1) is 12.6. The summed E-state index contributed by atoms with van der Waals surface area (Å²) in [7, 11) is 0. The summed E-state index contributed by atoms with van der Waals surface area (Å²) in [5, 5.41) is 3.14. The number of amides is 1. The van der Waals surface area contributed by atoms with E-state index in [-0.39, 0.29) is 11.9 Å². The normalized spacial score (nSPS) is 19.8. The number of hydrogen-bond donors (Lipinski definition) is 1. The van der Waals surface area contributed by atoms with Gasteiger partial charge in [0.25, 0.3) is 0 Å². The number of aryl methyl sites for hydroxylation is 1. The van der Waals surface area contributed by atoms with Crippen LogP contribution in [0.2, 0.25) is 0 Å². The Morgan fingerprint density at radius 1 is 1.19 bits per heavy atom. The third-order valence-electron chi connectivity index (χ3n) is 5.74. The van der Waals surface area contributed by atoms with Gasteiger partial charge in [-0.05, 0) is 63.6 Å². The number of allylic oxidation sites excluding steroid dienone is 1. The van der Waals surface area contributed by atoms with Crippen molar-refractivity contribution in [2.45, 2.75) is 52.0 Å². The molecule has 26 heavy (non-hydrogen) atoms. The standard InChI is InChI=1S/C22H33N3O/c1-18-7-6-10-21(17-18)25-15-13-24(14-16-25)19(2)22(26)23-12-11-20-8-4-3-5-9-20/h6-8,10,17,19H,3-5,9,11-16H2,1-2H3,(H,23,26). The Morgan fingerprint density at radius 3 is 2.69 bits per heavy atom. The fraction of sp³-hybridized carbons (Fsp3) is 0.591. The van der Waals surface area contributed by atoms with E-state index in [1.807, 2.05) is 6.92 Å². The summed E-state index contributed by atoms with van der Waals surface area (Å²) < 4.78 is 0. The summed E-state index contributed by atoms with van der Waals surface area (Å²) in [5.41, 5.74) is 4.12. The number of rotatable bonds is 6. The van der Waals surface area contributed by atoms with Crippen LogP contribution < -0.4 is 10.2 Å². The average Bonchev–Trinajstić information content (AvgIpc) is 2.68. The molecule has 0 bridgehead atoms. The van der Waals surface area contributed by atoms with Crippen LogP contribution in [0.1, 0.15) is 44.6 Å². The van der Waals surface area contributed by atoms with Gasteiger partial charge in [0.2, 0.25) is 5.91 Å². The Bertz CT molecular complexity index is 632. The van der Waals surface area contributed by atoms with Gasteiger partial charge in [0.15, 0.2) is 0 Å². The van der Waals surface area contributed by atoms with Crippen LogP contribution in [0.5, 0.6) is 0 Å². The molecule has 0 saturated carbocycles. The van der Waals surface area contributed by atoms with Crippen molar-refractivity contribution in [1.82, 2.24) is 10.2 Å². The minimum atomic E-state index is -0.0463. The number of nitrogens with zero attached hydrogens (tertiary/aromatic N) is 2. The lowest BCUT2D eigenvalue weighted by Gasteiger charge is -2.38. The van der Waals surface area contributed by atoms with Gasteiger partial charge in [0.05, 0.1) is 6.04 Å². The van der Waals surface area contributed by atoms with Crippen molar-refractivity contribution in [3.63, 3.8) is 0 Å². The molecule has 142 valence electrons. The molecule has 1 unspecified atom stereocenters. The predicted octanol–water partition coefficient (Wildman–Crippen LogP) is 3.51. The minimum Gasteiger partial charge on any atom is -0.369 e. The molecule has 1 aromatic carbocycles. The molecule has 1 atom stereocenters. The van der Waals surface area contributed by atoms with E-state index in [9.17, 15) is 4.79 Å². The van der Waals surface area contributed by atoms with Crippen LogP contribution in [0.15, 0.2) is 35.9 Å². The molecule has 1 fully saturated rings. The maximum absolute atomic E-state index is 12.5. The van der Waals surface area contributed by atoms with E-state index in [1.165, 1.54) is 42.5 Å². The molecule has 1 aliphatic carbocycles. The van der Waals surface area contributed by atoms with Gasteiger partial charge in [-0.2, -0.15) is 0 Å². The molecule has 1 aliphatic heterocycles. The lowest BCUT2D eigenvalue weighted by atomic mass is 9.97. The number of piperazine rings is 1. The van der Waals surface area contributed by atoms with Gasteiger partial charge in [-0.3, -0.25) is 9.69 Å². The zero-order valence-corrected chi connectivity index (χ0v) is 16.3. The topological polar surface area (TPSA) is 35.6 Å². The molecule has 1 saturated heterocycles. The molecular weight excluding hydrogens is 322 g/mol. The van der Waals surface area contributed by atoms with Gasteiger partial charge in [-0.15, -0.1) is 0 Å². The van der Waals surface area contributed by atoms with Gasteiger partial charge in [0.1, 0.15) is 0 Å². The number of benzene rings is 1. The molecule has 0 radical (unpaired) electrons. The van der Waals surface area contributed by atoms with Crippen molar-refractivity contribution >= 4 is 11.6 Å². The Labute approximate surface area is 158 Å². The van der Waals surface area contributed by atoms with Crippen LogP contribution in [0.3, 0.4) is 0 Å². The van der Waals surface area contributed by atoms with Crippen LogP contribution in [-0.2, 0) is 4.79 Å². The van der Waals surface area contributed by atoms with Crippen molar-refractivity contribution in [1.29, 1.82) is 0 Å². The second kappa shape index (κ2) is 9.22. The fourth-order valence-electron chi connectivity index (χ4n) is 3.98. The van der Waals surface area contributed by atoms with Gasteiger partial charge in [0, 0.05) is 38.4 Å². The van der Waals surface area contributed by atoms with Crippen molar-refractivity contribution in [3.8, 4) is 0 Å².